The highest BCUT2D eigenvalue weighted by atomic mass is 16.4. The quantitative estimate of drug-likeness (QED) is 0.828. The van der Waals surface area contributed by atoms with E-state index in [2.05, 4.69) is 10.2 Å². The molecule has 1 heterocycles. The molecule has 1 aromatic carbocycles. The number of para-hydroxylation sites is 1. The van der Waals surface area contributed by atoms with E-state index < -0.39 is 11.9 Å². The zero-order valence-corrected chi connectivity index (χ0v) is 9.95. The molecule has 1 aromatic heterocycles. The molecule has 0 aliphatic heterocycles. The number of aliphatic carboxylic acids is 1. The van der Waals surface area contributed by atoms with Gasteiger partial charge in [-0.05, 0) is 18.6 Å². The monoisotopic (exact) mass is 246 g/mol. The van der Waals surface area contributed by atoms with Crippen LogP contribution in [0.4, 0.5) is 0 Å². The van der Waals surface area contributed by atoms with Crippen LogP contribution >= 0.6 is 0 Å². The van der Waals surface area contributed by atoms with Crippen LogP contribution in [0.15, 0.2) is 30.5 Å². The van der Waals surface area contributed by atoms with E-state index in [4.69, 9.17) is 5.73 Å². The van der Waals surface area contributed by atoms with Crippen molar-refractivity contribution in [3.63, 3.8) is 0 Å². The average Bonchev–Trinajstić information content (AvgIpc) is 2.77. The summed E-state index contributed by atoms with van der Waals surface area (Å²) < 4.78 is 0. The van der Waals surface area contributed by atoms with Crippen molar-refractivity contribution >= 4 is 5.97 Å². The summed E-state index contributed by atoms with van der Waals surface area (Å²) in [5, 5.41) is 17.5. The fourth-order valence-corrected chi connectivity index (χ4v) is 1.78. The van der Waals surface area contributed by atoms with Crippen molar-refractivity contribution in [2.24, 2.45) is 5.73 Å². The zero-order chi connectivity index (χ0) is 13.1. The smallest absolute Gasteiger partial charge is 0.312 e. The van der Waals surface area contributed by atoms with Crippen LogP contribution in [0.1, 0.15) is 17.2 Å². The van der Waals surface area contributed by atoms with Crippen LogP contribution in [-0.4, -0.2) is 32.6 Å². The Hall–Kier alpha value is -2.21. The van der Waals surface area contributed by atoms with Gasteiger partial charge in [0.05, 0.1) is 23.5 Å². The number of hydrogen-bond donors (Lipinski definition) is 2. The van der Waals surface area contributed by atoms with Gasteiger partial charge in [0, 0.05) is 6.54 Å². The topological polar surface area (TPSA) is 94.0 Å². The highest BCUT2D eigenvalue weighted by Gasteiger charge is 2.22. The zero-order valence-electron chi connectivity index (χ0n) is 9.95. The van der Waals surface area contributed by atoms with Gasteiger partial charge in [-0.25, -0.2) is 0 Å². The second-order valence-corrected chi connectivity index (χ2v) is 3.96. The fourth-order valence-electron chi connectivity index (χ4n) is 1.78. The Morgan fingerprint density at radius 2 is 2.22 bits per heavy atom. The number of aryl methyl sites for hydroxylation is 1. The lowest BCUT2D eigenvalue weighted by Gasteiger charge is -2.14. The molecule has 0 radical (unpaired) electrons. The normalized spacial score (nSPS) is 12.3. The first-order valence-corrected chi connectivity index (χ1v) is 5.54. The Balaban J connectivity index is 2.52. The highest BCUT2D eigenvalue weighted by Crippen LogP contribution is 2.22. The van der Waals surface area contributed by atoms with Crippen molar-refractivity contribution in [1.82, 2.24) is 15.0 Å². The minimum atomic E-state index is -0.950. The Morgan fingerprint density at radius 1 is 1.50 bits per heavy atom. The van der Waals surface area contributed by atoms with E-state index in [1.807, 2.05) is 13.0 Å². The molecule has 0 aliphatic rings. The summed E-state index contributed by atoms with van der Waals surface area (Å²) in [6.45, 7) is 1.86. The first kappa shape index (κ1) is 12.3. The molecule has 1 unspecified atom stereocenters. The van der Waals surface area contributed by atoms with Crippen molar-refractivity contribution in [1.29, 1.82) is 0 Å². The lowest BCUT2D eigenvalue weighted by Crippen LogP contribution is -2.23. The molecule has 3 N–H and O–H groups in total. The van der Waals surface area contributed by atoms with Gasteiger partial charge in [-0.1, -0.05) is 18.2 Å². The van der Waals surface area contributed by atoms with Gasteiger partial charge in [0.2, 0.25) is 0 Å². The largest absolute Gasteiger partial charge is 0.481 e. The van der Waals surface area contributed by atoms with E-state index in [-0.39, 0.29) is 6.54 Å². The third-order valence-corrected chi connectivity index (χ3v) is 2.67. The third-order valence-electron chi connectivity index (χ3n) is 2.67. The molecule has 1 atom stereocenters. The van der Waals surface area contributed by atoms with Crippen LogP contribution in [0.3, 0.4) is 0 Å². The molecule has 0 amide bonds. The summed E-state index contributed by atoms with van der Waals surface area (Å²) in [4.78, 5) is 12.6. The predicted molar refractivity (Wildman–Crippen MR) is 65.5 cm³/mol. The van der Waals surface area contributed by atoms with E-state index in [0.29, 0.717) is 11.3 Å². The van der Waals surface area contributed by atoms with Crippen LogP contribution in [-0.2, 0) is 4.79 Å². The van der Waals surface area contributed by atoms with E-state index >= 15 is 0 Å². The van der Waals surface area contributed by atoms with E-state index in [0.717, 1.165) is 5.69 Å². The van der Waals surface area contributed by atoms with Crippen LogP contribution < -0.4 is 5.73 Å². The van der Waals surface area contributed by atoms with Crippen LogP contribution in [0, 0.1) is 6.92 Å². The summed E-state index contributed by atoms with van der Waals surface area (Å²) in [6, 6.07) is 7.10. The number of hydrogen-bond acceptors (Lipinski definition) is 4. The molecule has 0 saturated heterocycles. The van der Waals surface area contributed by atoms with Gasteiger partial charge in [-0.2, -0.15) is 15.0 Å². The summed E-state index contributed by atoms with van der Waals surface area (Å²) in [5.41, 5.74) is 7.55. The number of carboxylic acid groups (broad SMARTS) is 1. The molecule has 0 fully saturated rings. The maximum atomic E-state index is 11.2. The predicted octanol–water partition coefficient (Wildman–Crippen LogP) is 0.703. The first-order chi connectivity index (χ1) is 8.63. The Morgan fingerprint density at radius 3 is 2.78 bits per heavy atom. The minimum Gasteiger partial charge on any atom is -0.481 e. The Kier molecular flexibility index (Phi) is 3.38. The number of nitrogens with two attached hydrogens (primary N) is 1. The molecule has 0 spiro atoms. The van der Waals surface area contributed by atoms with Crippen molar-refractivity contribution in [2.75, 3.05) is 6.54 Å². The van der Waals surface area contributed by atoms with E-state index in [1.165, 1.54) is 4.80 Å². The summed E-state index contributed by atoms with van der Waals surface area (Å²) in [7, 11) is 0. The number of carbonyl (C=O) groups is 1. The summed E-state index contributed by atoms with van der Waals surface area (Å²) in [5.74, 6) is -1.71. The van der Waals surface area contributed by atoms with Gasteiger partial charge < -0.3 is 10.8 Å². The van der Waals surface area contributed by atoms with Crippen molar-refractivity contribution < 1.29 is 9.90 Å². The van der Waals surface area contributed by atoms with Gasteiger partial charge in [-0.15, -0.1) is 0 Å². The van der Waals surface area contributed by atoms with E-state index in [1.54, 1.807) is 24.4 Å². The second kappa shape index (κ2) is 4.97. The molecule has 6 nitrogen and oxygen atoms in total. The lowest BCUT2D eigenvalue weighted by molar-refractivity contribution is -0.138. The second-order valence-electron chi connectivity index (χ2n) is 3.96. The molecule has 18 heavy (non-hydrogen) atoms. The maximum absolute atomic E-state index is 11.2. The maximum Gasteiger partial charge on any atom is 0.312 e. The van der Waals surface area contributed by atoms with Crippen molar-refractivity contribution in [3.8, 4) is 5.69 Å². The van der Waals surface area contributed by atoms with Gasteiger partial charge >= 0.3 is 5.97 Å². The van der Waals surface area contributed by atoms with Crippen LogP contribution in [0.2, 0.25) is 0 Å². The molecular formula is C12H14N4O2. The molecule has 2 aromatic rings. The molecule has 0 saturated carbocycles. The van der Waals surface area contributed by atoms with Crippen molar-refractivity contribution in [3.05, 3.63) is 41.7 Å². The number of rotatable bonds is 4. The molecule has 94 valence electrons. The van der Waals surface area contributed by atoms with Crippen LogP contribution in [0.25, 0.3) is 5.69 Å². The lowest BCUT2D eigenvalue weighted by atomic mass is 9.98. The molecule has 2 rings (SSSR count). The Bertz CT molecular complexity index is 565. The average molecular weight is 246 g/mol. The van der Waals surface area contributed by atoms with Crippen molar-refractivity contribution in [2.45, 2.75) is 12.8 Å². The summed E-state index contributed by atoms with van der Waals surface area (Å²) >= 11 is 0. The standard InChI is InChI=1S/C12H14N4O2/c1-8-7-14-16(15-8)11-5-3-2-4-9(11)10(6-13)12(17)18/h2-5,7,10H,6,13H2,1H3,(H,17,18). The Labute approximate surface area is 104 Å². The van der Waals surface area contributed by atoms with Crippen LogP contribution in [0.5, 0.6) is 0 Å². The SMILES string of the molecule is Cc1cnn(-c2ccccc2C(CN)C(=O)O)n1. The third kappa shape index (κ3) is 2.23. The van der Waals surface area contributed by atoms with Gasteiger partial charge in [0.15, 0.2) is 0 Å². The van der Waals surface area contributed by atoms with E-state index in [9.17, 15) is 9.90 Å². The van der Waals surface area contributed by atoms with Gasteiger partial charge in [-0.3, -0.25) is 4.79 Å². The van der Waals surface area contributed by atoms with Gasteiger partial charge in [0.1, 0.15) is 0 Å². The minimum absolute atomic E-state index is 0.0343. The molecular weight excluding hydrogens is 232 g/mol. The fraction of sp³-hybridized carbons (Fsp3) is 0.250. The number of carboxylic acids is 1. The molecule has 6 heteroatoms. The highest BCUT2D eigenvalue weighted by molar-refractivity contribution is 5.78. The molecule has 0 bridgehead atoms. The van der Waals surface area contributed by atoms with Gasteiger partial charge in [0.25, 0.3) is 0 Å². The summed E-state index contributed by atoms with van der Waals surface area (Å²) in [6.07, 6.45) is 1.62. The molecule has 0 aliphatic carbocycles. The first-order valence-electron chi connectivity index (χ1n) is 5.54. The number of nitrogens with zero attached hydrogens (tertiary/aromatic N) is 3. The number of benzene rings is 1. The number of aromatic nitrogens is 3.